The Hall–Kier alpha value is -1.50. The number of hydrogen-bond acceptors (Lipinski definition) is 4. The highest BCUT2D eigenvalue weighted by molar-refractivity contribution is 7.46. The first-order chi connectivity index (χ1) is 11.0. The molecule has 7 nitrogen and oxygen atoms in total. The normalized spacial score (nSPS) is 13.4. The molecule has 0 aromatic heterocycles. The molecule has 1 aromatic carbocycles. The molecule has 0 heterocycles. The highest BCUT2D eigenvalue weighted by atomic mass is 31.2. The molecule has 0 aliphatic rings. The van der Waals surface area contributed by atoms with E-state index in [9.17, 15) is 9.36 Å². The van der Waals surface area contributed by atoms with Crippen molar-refractivity contribution < 1.29 is 32.9 Å². The van der Waals surface area contributed by atoms with Crippen LogP contribution in [0.25, 0.3) is 6.08 Å². The van der Waals surface area contributed by atoms with Crippen molar-refractivity contribution in [3.05, 3.63) is 42.0 Å². The predicted octanol–water partition coefficient (Wildman–Crippen LogP) is 2.06. The van der Waals surface area contributed by atoms with Crippen molar-refractivity contribution in [3.8, 4) is 0 Å². The van der Waals surface area contributed by atoms with Gasteiger partial charge in [0.15, 0.2) is 0 Å². The molecule has 1 unspecified atom stereocenters. The van der Waals surface area contributed by atoms with Gasteiger partial charge < -0.3 is 19.0 Å². The third kappa shape index (κ3) is 7.38. The van der Waals surface area contributed by atoms with E-state index in [0.29, 0.717) is 16.5 Å². The van der Waals surface area contributed by atoms with Crippen LogP contribution in [-0.4, -0.2) is 60.6 Å². The molecule has 8 heteroatoms. The van der Waals surface area contributed by atoms with Gasteiger partial charge in [-0.3, -0.25) is 4.52 Å². The second kappa shape index (κ2) is 8.55. The molecule has 24 heavy (non-hydrogen) atoms. The van der Waals surface area contributed by atoms with Crippen LogP contribution in [0, 0.1) is 0 Å². The molecule has 1 rings (SSSR count). The summed E-state index contributed by atoms with van der Waals surface area (Å²) in [6.07, 6.45) is 2.10. The van der Waals surface area contributed by atoms with Crippen molar-refractivity contribution in [1.29, 1.82) is 0 Å². The van der Waals surface area contributed by atoms with Gasteiger partial charge in [-0.25, -0.2) is 9.36 Å². The van der Waals surface area contributed by atoms with Crippen LogP contribution in [0.1, 0.15) is 22.3 Å². The van der Waals surface area contributed by atoms with E-state index in [0.717, 1.165) is 5.56 Å². The van der Waals surface area contributed by atoms with Gasteiger partial charge >= 0.3 is 13.8 Å². The maximum atomic E-state index is 12.0. The number of hydrogen-bond donors (Lipinski definition) is 2. The number of rotatable bonds is 9. The lowest BCUT2D eigenvalue weighted by Crippen LogP contribution is -2.48. The fourth-order valence-corrected chi connectivity index (χ4v) is 2.37. The lowest BCUT2D eigenvalue weighted by Gasteiger charge is -2.33. The van der Waals surface area contributed by atoms with E-state index >= 15 is 0 Å². The van der Waals surface area contributed by atoms with E-state index in [4.69, 9.17) is 14.5 Å². The van der Waals surface area contributed by atoms with Crippen LogP contribution in [0.2, 0.25) is 0 Å². The summed E-state index contributed by atoms with van der Waals surface area (Å²) in [6.45, 7) is 3.65. The van der Waals surface area contributed by atoms with Crippen molar-refractivity contribution >= 4 is 19.9 Å². The summed E-state index contributed by atoms with van der Waals surface area (Å²) >= 11 is 0. The van der Waals surface area contributed by atoms with Crippen LogP contribution in [0.4, 0.5) is 0 Å². The van der Waals surface area contributed by atoms with Gasteiger partial charge in [0.2, 0.25) is 0 Å². The van der Waals surface area contributed by atoms with Gasteiger partial charge in [-0.15, -0.1) is 0 Å². The summed E-state index contributed by atoms with van der Waals surface area (Å²) in [5.74, 6) is -0.443. The van der Waals surface area contributed by atoms with E-state index in [1.54, 1.807) is 30.3 Å². The molecule has 2 N–H and O–H groups in total. The van der Waals surface area contributed by atoms with Gasteiger partial charge in [-0.1, -0.05) is 24.8 Å². The summed E-state index contributed by atoms with van der Waals surface area (Å²) in [7, 11) is 1.11. The summed E-state index contributed by atoms with van der Waals surface area (Å²) in [6, 6.07) is 6.63. The summed E-state index contributed by atoms with van der Waals surface area (Å²) in [5.41, 5.74) is 1.35. The standard InChI is InChI=1S/C16H24NO6P/c1-5-13-6-8-14(9-7-13)16(18)22-11-10-15(17(2,3)4)12-23-24(19,20)21/h5-9,15H,1,10-12H2,2-4H3,(H-,19,20,21)/p+1. The lowest BCUT2D eigenvalue weighted by atomic mass is 10.1. The van der Waals surface area contributed by atoms with Gasteiger partial charge in [-0.2, -0.15) is 0 Å². The molecular formula is C16H25NO6P+. The molecule has 0 aliphatic heterocycles. The number of nitrogens with zero attached hydrogens (tertiary/aromatic N) is 1. The zero-order valence-electron chi connectivity index (χ0n) is 14.2. The van der Waals surface area contributed by atoms with Crippen LogP contribution in [0.5, 0.6) is 0 Å². The Kier molecular flexibility index (Phi) is 7.32. The Morgan fingerprint density at radius 1 is 1.29 bits per heavy atom. The SMILES string of the molecule is C=Cc1ccc(C(=O)OCCC(COP(=O)(O)O)[N+](C)(C)C)cc1. The second-order valence-electron chi connectivity index (χ2n) is 6.31. The molecule has 0 amide bonds. The minimum Gasteiger partial charge on any atom is -0.462 e. The molecule has 0 saturated carbocycles. The van der Waals surface area contributed by atoms with E-state index < -0.39 is 13.8 Å². The number of phosphoric ester groups is 1. The minimum atomic E-state index is -4.52. The smallest absolute Gasteiger partial charge is 0.462 e. The molecule has 0 aliphatic carbocycles. The number of carbonyl (C=O) groups excluding carboxylic acids is 1. The number of ether oxygens (including phenoxy) is 1. The van der Waals surface area contributed by atoms with Crippen molar-refractivity contribution in [2.45, 2.75) is 12.5 Å². The molecule has 0 bridgehead atoms. The van der Waals surface area contributed by atoms with Gasteiger partial charge in [-0.05, 0) is 17.7 Å². The second-order valence-corrected chi connectivity index (χ2v) is 7.55. The molecule has 0 radical (unpaired) electrons. The summed E-state index contributed by atoms with van der Waals surface area (Å²) in [4.78, 5) is 29.6. The first-order valence-electron chi connectivity index (χ1n) is 7.44. The van der Waals surface area contributed by atoms with Gasteiger partial charge in [0.25, 0.3) is 0 Å². The van der Waals surface area contributed by atoms with E-state index in [-0.39, 0.29) is 19.3 Å². The topological polar surface area (TPSA) is 93.1 Å². The highest BCUT2D eigenvalue weighted by Crippen LogP contribution is 2.36. The van der Waals surface area contributed by atoms with E-state index in [2.05, 4.69) is 11.1 Å². The Bertz CT molecular complexity index is 602. The number of carbonyl (C=O) groups is 1. The number of esters is 1. The number of phosphoric acid groups is 1. The van der Waals surface area contributed by atoms with E-state index in [1.165, 1.54) is 0 Å². The number of quaternary nitrogens is 1. The molecule has 0 fully saturated rings. The minimum absolute atomic E-state index is 0.126. The third-order valence-electron chi connectivity index (χ3n) is 3.60. The van der Waals surface area contributed by atoms with Crippen molar-refractivity contribution in [3.63, 3.8) is 0 Å². The van der Waals surface area contributed by atoms with Crippen LogP contribution in [0.3, 0.4) is 0 Å². The molecule has 1 atom stereocenters. The summed E-state index contributed by atoms with van der Waals surface area (Å²) < 4.78 is 21.1. The van der Waals surface area contributed by atoms with Crippen LogP contribution < -0.4 is 0 Å². The fraction of sp³-hybridized carbons (Fsp3) is 0.438. The number of likely N-dealkylation sites (N-methyl/N-ethyl adjacent to an activating group) is 1. The van der Waals surface area contributed by atoms with Crippen molar-refractivity contribution in [1.82, 2.24) is 0 Å². The monoisotopic (exact) mass is 358 g/mol. The first kappa shape index (κ1) is 20.5. The quantitative estimate of drug-likeness (QED) is 0.399. The van der Waals surface area contributed by atoms with E-state index in [1.807, 2.05) is 21.1 Å². The van der Waals surface area contributed by atoms with Crippen LogP contribution in [-0.2, 0) is 13.8 Å². The maximum Gasteiger partial charge on any atom is 0.469 e. The van der Waals surface area contributed by atoms with Gasteiger partial charge in [0.1, 0.15) is 12.6 Å². The van der Waals surface area contributed by atoms with Crippen LogP contribution >= 0.6 is 7.82 Å². The van der Waals surface area contributed by atoms with Gasteiger partial charge in [0, 0.05) is 6.42 Å². The molecular weight excluding hydrogens is 333 g/mol. The Labute approximate surface area is 142 Å². The van der Waals surface area contributed by atoms with Gasteiger partial charge in [0.05, 0.1) is 33.3 Å². The molecule has 0 saturated heterocycles. The van der Waals surface area contributed by atoms with Crippen molar-refractivity contribution in [2.75, 3.05) is 34.4 Å². The first-order valence-corrected chi connectivity index (χ1v) is 8.97. The fourth-order valence-electron chi connectivity index (χ4n) is 2.00. The average molecular weight is 358 g/mol. The zero-order chi connectivity index (χ0) is 18.4. The highest BCUT2D eigenvalue weighted by Gasteiger charge is 2.28. The Morgan fingerprint density at radius 2 is 1.88 bits per heavy atom. The molecule has 134 valence electrons. The Balaban J connectivity index is 2.55. The average Bonchev–Trinajstić information content (AvgIpc) is 2.48. The largest absolute Gasteiger partial charge is 0.469 e. The van der Waals surface area contributed by atoms with Crippen molar-refractivity contribution in [2.24, 2.45) is 0 Å². The molecule has 1 aromatic rings. The summed E-state index contributed by atoms with van der Waals surface area (Å²) in [5, 5.41) is 0. The maximum absolute atomic E-state index is 12.0. The lowest BCUT2D eigenvalue weighted by molar-refractivity contribution is -0.896. The zero-order valence-corrected chi connectivity index (χ0v) is 15.1. The Morgan fingerprint density at radius 3 is 2.33 bits per heavy atom. The van der Waals surface area contributed by atoms with Crippen LogP contribution in [0.15, 0.2) is 30.8 Å². The number of benzene rings is 1. The predicted molar refractivity (Wildman–Crippen MR) is 91.2 cm³/mol. The third-order valence-corrected chi connectivity index (χ3v) is 4.08. The molecule has 0 spiro atoms.